The van der Waals surface area contributed by atoms with E-state index in [-0.39, 0.29) is 30.5 Å². The van der Waals surface area contributed by atoms with E-state index in [9.17, 15) is 18.8 Å². The van der Waals surface area contributed by atoms with E-state index in [4.69, 9.17) is 11.6 Å². The van der Waals surface area contributed by atoms with Crippen molar-refractivity contribution in [1.82, 2.24) is 10.6 Å². The SMILES string of the molecule is Cc1cc(NC(=O)c2cccc(F)c2)sc1C(=O)NCCNC(=O)c1ccccc1Cl. The molecule has 0 aliphatic heterocycles. The normalized spacial score (nSPS) is 10.4. The Hall–Kier alpha value is -3.23. The number of nitrogens with one attached hydrogen (secondary N) is 3. The molecule has 0 unspecified atom stereocenters. The molecule has 0 bridgehead atoms. The van der Waals surface area contributed by atoms with Crippen molar-refractivity contribution in [3.05, 3.63) is 87.0 Å². The number of aryl methyl sites for hydroxylation is 1. The number of amides is 3. The zero-order valence-corrected chi connectivity index (χ0v) is 18.1. The van der Waals surface area contributed by atoms with Crippen LogP contribution in [-0.2, 0) is 0 Å². The second-order valence-electron chi connectivity index (χ2n) is 6.58. The minimum atomic E-state index is -0.503. The molecule has 0 fully saturated rings. The molecule has 0 saturated carbocycles. The number of carbonyl (C=O) groups is 3. The second kappa shape index (κ2) is 10.2. The van der Waals surface area contributed by atoms with E-state index in [1.165, 1.54) is 18.2 Å². The van der Waals surface area contributed by atoms with Crippen LogP contribution in [0.5, 0.6) is 0 Å². The van der Waals surface area contributed by atoms with Gasteiger partial charge in [-0.25, -0.2) is 4.39 Å². The van der Waals surface area contributed by atoms with E-state index in [0.29, 0.717) is 26.0 Å². The van der Waals surface area contributed by atoms with Gasteiger partial charge in [0.05, 0.1) is 20.5 Å². The maximum atomic E-state index is 13.3. The molecule has 6 nitrogen and oxygen atoms in total. The Morgan fingerprint density at radius 1 is 0.935 bits per heavy atom. The van der Waals surface area contributed by atoms with Crippen LogP contribution >= 0.6 is 22.9 Å². The van der Waals surface area contributed by atoms with Crippen molar-refractivity contribution in [2.45, 2.75) is 6.92 Å². The highest BCUT2D eigenvalue weighted by Crippen LogP contribution is 2.27. The van der Waals surface area contributed by atoms with Gasteiger partial charge in [0.2, 0.25) is 0 Å². The molecule has 31 heavy (non-hydrogen) atoms. The number of anilines is 1. The Balaban J connectivity index is 1.52. The number of rotatable bonds is 7. The monoisotopic (exact) mass is 459 g/mol. The van der Waals surface area contributed by atoms with Gasteiger partial charge >= 0.3 is 0 Å². The summed E-state index contributed by atoms with van der Waals surface area (Å²) in [5.41, 5.74) is 1.24. The van der Waals surface area contributed by atoms with Crippen LogP contribution < -0.4 is 16.0 Å². The second-order valence-corrected chi connectivity index (χ2v) is 8.04. The van der Waals surface area contributed by atoms with Crippen LogP contribution in [0, 0.1) is 12.7 Å². The van der Waals surface area contributed by atoms with Crippen LogP contribution in [0.15, 0.2) is 54.6 Å². The summed E-state index contributed by atoms with van der Waals surface area (Å²) in [6.07, 6.45) is 0. The number of thiophene rings is 1. The van der Waals surface area contributed by atoms with Crippen molar-refractivity contribution < 1.29 is 18.8 Å². The van der Waals surface area contributed by atoms with Crippen LogP contribution in [0.4, 0.5) is 9.39 Å². The Morgan fingerprint density at radius 3 is 2.35 bits per heavy atom. The highest BCUT2D eigenvalue weighted by Gasteiger charge is 2.16. The summed E-state index contributed by atoms with van der Waals surface area (Å²) in [6, 6.07) is 13.7. The third kappa shape index (κ3) is 5.90. The molecule has 0 spiro atoms. The Labute approximate surface area is 187 Å². The summed E-state index contributed by atoms with van der Waals surface area (Å²) in [4.78, 5) is 37.2. The summed E-state index contributed by atoms with van der Waals surface area (Å²) in [6.45, 7) is 2.20. The molecule has 3 rings (SSSR count). The molecule has 0 radical (unpaired) electrons. The first-order valence-electron chi connectivity index (χ1n) is 9.33. The summed E-state index contributed by atoms with van der Waals surface area (Å²) in [7, 11) is 0. The lowest BCUT2D eigenvalue weighted by Gasteiger charge is -2.08. The Bertz CT molecular complexity index is 1130. The van der Waals surface area contributed by atoms with Gasteiger partial charge in [-0.05, 0) is 48.9 Å². The zero-order chi connectivity index (χ0) is 22.4. The maximum Gasteiger partial charge on any atom is 0.261 e. The van der Waals surface area contributed by atoms with Crippen LogP contribution in [-0.4, -0.2) is 30.8 Å². The fraction of sp³-hybridized carbons (Fsp3) is 0.136. The number of halogens is 2. The van der Waals surface area contributed by atoms with Gasteiger partial charge in [-0.3, -0.25) is 14.4 Å². The number of carbonyl (C=O) groups excluding carboxylic acids is 3. The predicted octanol–water partition coefficient (Wildman–Crippen LogP) is 4.26. The highest BCUT2D eigenvalue weighted by atomic mass is 35.5. The molecular formula is C22H19ClFN3O3S. The predicted molar refractivity (Wildman–Crippen MR) is 120 cm³/mol. The molecular weight excluding hydrogens is 441 g/mol. The molecule has 0 saturated heterocycles. The zero-order valence-electron chi connectivity index (χ0n) is 16.5. The Morgan fingerprint density at radius 2 is 1.65 bits per heavy atom. The highest BCUT2D eigenvalue weighted by molar-refractivity contribution is 7.18. The van der Waals surface area contributed by atoms with Gasteiger partial charge in [0, 0.05) is 18.7 Å². The van der Waals surface area contributed by atoms with Crippen molar-refractivity contribution in [3.8, 4) is 0 Å². The molecule has 3 aromatic rings. The van der Waals surface area contributed by atoms with E-state index in [0.717, 1.165) is 17.4 Å². The average molecular weight is 460 g/mol. The fourth-order valence-corrected chi connectivity index (χ4v) is 3.96. The van der Waals surface area contributed by atoms with E-state index in [1.54, 1.807) is 37.3 Å². The van der Waals surface area contributed by atoms with Crippen LogP contribution in [0.2, 0.25) is 5.02 Å². The summed E-state index contributed by atoms with van der Waals surface area (Å²) in [5, 5.41) is 8.92. The lowest BCUT2D eigenvalue weighted by Crippen LogP contribution is -2.34. The lowest BCUT2D eigenvalue weighted by atomic mass is 10.2. The average Bonchev–Trinajstić information content (AvgIpc) is 3.11. The van der Waals surface area contributed by atoms with Crippen molar-refractivity contribution in [2.75, 3.05) is 18.4 Å². The third-order valence-corrected chi connectivity index (χ3v) is 5.74. The lowest BCUT2D eigenvalue weighted by molar-refractivity contribution is 0.0929. The van der Waals surface area contributed by atoms with Gasteiger partial charge in [0.25, 0.3) is 17.7 Å². The van der Waals surface area contributed by atoms with Crippen molar-refractivity contribution in [1.29, 1.82) is 0 Å². The molecule has 0 aliphatic carbocycles. The largest absolute Gasteiger partial charge is 0.350 e. The third-order valence-electron chi connectivity index (χ3n) is 4.26. The summed E-state index contributed by atoms with van der Waals surface area (Å²) >= 11 is 7.10. The standard InChI is InChI=1S/C22H19ClFN3O3S/c1-13-11-18(27-20(28)14-5-4-6-15(24)12-14)31-19(13)22(30)26-10-9-25-21(29)16-7-2-3-8-17(16)23/h2-8,11-12H,9-10H2,1H3,(H,25,29)(H,26,30)(H,27,28). The summed E-state index contributed by atoms with van der Waals surface area (Å²) < 4.78 is 13.3. The van der Waals surface area contributed by atoms with E-state index >= 15 is 0 Å². The molecule has 0 atom stereocenters. The van der Waals surface area contributed by atoms with E-state index in [1.807, 2.05) is 0 Å². The van der Waals surface area contributed by atoms with E-state index < -0.39 is 11.7 Å². The fourth-order valence-electron chi connectivity index (χ4n) is 2.76. The maximum absolute atomic E-state index is 13.3. The molecule has 1 heterocycles. The smallest absolute Gasteiger partial charge is 0.261 e. The van der Waals surface area contributed by atoms with Crippen LogP contribution in [0.1, 0.15) is 36.0 Å². The van der Waals surface area contributed by atoms with Gasteiger partial charge in [-0.2, -0.15) is 0 Å². The first-order valence-corrected chi connectivity index (χ1v) is 10.5. The summed E-state index contributed by atoms with van der Waals surface area (Å²) in [5.74, 6) is -1.61. The quantitative estimate of drug-likeness (QED) is 0.461. The van der Waals surface area contributed by atoms with Crippen LogP contribution in [0.25, 0.3) is 0 Å². The van der Waals surface area contributed by atoms with Gasteiger partial charge in [-0.15, -0.1) is 11.3 Å². The topological polar surface area (TPSA) is 87.3 Å². The molecule has 9 heteroatoms. The molecule has 3 amide bonds. The van der Waals surface area contributed by atoms with E-state index in [2.05, 4.69) is 16.0 Å². The van der Waals surface area contributed by atoms with Crippen molar-refractivity contribution in [2.24, 2.45) is 0 Å². The molecule has 0 aliphatic rings. The van der Waals surface area contributed by atoms with Gasteiger partial charge < -0.3 is 16.0 Å². The molecule has 160 valence electrons. The van der Waals surface area contributed by atoms with Crippen LogP contribution in [0.3, 0.4) is 0 Å². The van der Waals surface area contributed by atoms with Crippen molar-refractivity contribution in [3.63, 3.8) is 0 Å². The first-order chi connectivity index (χ1) is 14.8. The van der Waals surface area contributed by atoms with Gasteiger partial charge in [0.1, 0.15) is 5.82 Å². The first kappa shape index (κ1) is 22.5. The minimum absolute atomic E-state index is 0.186. The number of benzene rings is 2. The molecule has 2 aromatic carbocycles. The van der Waals surface area contributed by atoms with Gasteiger partial charge in [-0.1, -0.05) is 29.8 Å². The van der Waals surface area contributed by atoms with Gasteiger partial charge in [0.15, 0.2) is 0 Å². The Kier molecular flexibility index (Phi) is 7.38. The minimum Gasteiger partial charge on any atom is -0.350 e. The van der Waals surface area contributed by atoms with Crippen molar-refractivity contribution >= 4 is 45.7 Å². The molecule has 3 N–H and O–H groups in total. The number of hydrogen-bond donors (Lipinski definition) is 3. The molecule has 1 aromatic heterocycles. The number of hydrogen-bond acceptors (Lipinski definition) is 4.